The van der Waals surface area contributed by atoms with Crippen LogP contribution in [0.25, 0.3) is 11.3 Å². The molecule has 140 valence electrons. The first-order valence-electron chi connectivity index (χ1n) is 8.56. The molecule has 0 radical (unpaired) electrons. The molecule has 2 N–H and O–H groups in total. The van der Waals surface area contributed by atoms with E-state index < -0.39 is 10.0 Å². The molecule has 0 unspecified atom stereocenters. The summed E-state index contributed by atoms with van der Waals surface area (Å²) < 4.78 is 30.1. The Kier molecular flexibility index (Phi) is 5.63. The van der Waals surface area contributed by atoms with Crippen LogP contribution in [0.1, 0.15) is 12.8 Å². The Balaban J connectivity index is 1.48. The summed E-state index contributed by atoms with van der Waals surface area (Å²) in [5.74, 6) is 0.902. The molecule has 1 fully saturated rings. The predicted molar refractivity (Wildman–Crippen MR) is 100 cm³/mol. The second kappa shape index (κ2) is 7.92. The van der Waals surface area contributed by atoms with Crippen LogP contribution < -0.4 is 10.6 Å². The van der Waals surface area contributed by atoms with Gasteiger partial charge in [-0.3, -0.25) is 0 Å². The molecule has 1 atom stereocenters. The summed E-state index contributed by atoms with van der Waals surface area (Å²) in [7, 11) is -3.17. The second-order valence-electron chi connectivity index (χ2n) is 6.52. The van der Waals surface area contributed by atoms with Crippen molar-refractivity contribution in [1.82, 2.24) is 9.62 Å². The number of anilines is 1. The first kappa shape index (κ1) is 18.5. The summed E-state index contributed by atoms with van der Waals surface area (Å²) in [6.45, 7) is 1.46. The summed E-state index contributed by atoms with van der Waals surface area (Å²) >= 11 is 0. The molecule has 0 saturated carbocycles. The quantitative estimate of drug-likeness (QED) is 0.838. The van der Waals surface area contributed by atoms with Crippen LogP contribution in [0.3, 0.4) is 0 Å². The average molecular weight is 377 g/mol. The van der Waals surface area contributed by atoms with Gasteiger partial charge in [-0.1, -0.05) is 0 Å². The molecule has 1 saturated heterocycles. The number of carbonyl (C=O) groups excluding carboxylic acids is 1. The summed E-state index contributed by atoms with van der Waals surface area (Å²) in [5.41, 5.74) is 1.61. The van der Waals surface area contributed by atoms with E-state index in [1.165, 1.54) is 10.6 Å². The van der Waals surface area contributed by atoms with E-state index >= 15 is 0 Å². The molecule has 1 aromatic heterocycles. The Morgan fingerprint density at radius 2 is 2.04 bits per heavy atom. The zero-order chi connectivity index (χ0) is 18.6. The van der Waals surface area contributed by atoms with Crippen molar-refractivity contribution in [3.63, 3.8) is 0 Å². The van der Waals surface area contributed by atoms with Gasteiger partial charge in [0.15, 0.2) is 0 Å². The summed E-state index contributed by atoms with van der Waals surface area (Å²) in [4.78, 5) is 12.1. The fourth-order valence-corrected chi connectivity index (χ4v) is 4.01. The number of sulfonamides is 1. The number of hydrogen-bond acceptors (Lipinski definition) is 4. The van der Waals surface area contributed by atoms with Gasteiger partial charge in [-0.2, -0.15) is 0 Å². The van der Waals surface area contributed by atoms with Gasteiger partial charge < -0.3 is 15.1 Å². The molecule has 2 aromatic rings. The zero-order valence-electron chi connectivity index (χ0n) is 14.6. The van der Waals surface area contributed by atoms with Crippen LogP contribution >= 0.6 is 0 Å². The van der Waals surface area contributed by atoms with Gasteiger partial charge in [0.1, 0.15) is 5.76 Å². The number of carbonyl (C=O) groups is 1. The van der Waals surface area contributed by atoms with Crippen LogP contribution in [0.15, 0.2) is 47.1 Å². The molecule has 1 aromatic carbocycles. The van der Waals surface area contributed by atoms with Crippen LogP contribution in [0.5, 0.6) is 0 Å². The van der Waals surface area contributed by atoms with Crippen molar-refractivity contribution < 1.29 is 17.6 Å². The molecule has 1 aliphatic heterocycles. The predicted octanol–water partition coefficient (Wildman–Crippen LogP) is 2.74. The van der Waals surface area contributed by atoms with E-state index in [9.17, 15) is 13.2 Å². The van der Waals surface area contributed by atoms with Gasteiger partial charge >= 0.3 is 6.03 Å². The highest BCUT2D eigenvalue weighted by Gasteiger charge is 2.25. The highest BCUT2D eigenvalue weighted by Crippen LogP contribution is 2.22. The van der Waals surface area contributed by atoms with Crippen molar-refractivity contribution in [3.05, 3.63) is 42.7 Å². The van der Waals surface area contributed by atoms with Crippen molar-refractivity contribution in [2.45, 2.75) is 12.8 Å². The van der Waals surface area contributed by atoms with E-state index in [1.54, 1.807) is 6.26 Å². The number of benzene rings is 1. The van der Waals surface area contributed by atoms with E-state index in [0.717, 1.165) is 24.2 Å². The van der Waals surface area contributed by atoms with E-state index in [1.807, 2.05) is 36.4 Å². The van der Waals surface area contributed by atoms with E-state index in [2.05, 4.69) is 10.6 Å². The maximum absolute atomic E-state index is 12.1. The van der Waals surface area contributed by atoms with Gasteiger partial charge in [0.05, 0.1) is 12.5 Å². The first-order valence-corrected chi connectivity index (χ1v) is 10.4. The molecular weight excluding hydrogens is 354 g/mol. The highest BCUT2D eigenvalue weighted by molar-refractivity contribution is 7.88. The minimum atomic E-state index is -3.17. The number of urea groups is 1. The van der Waals surface area contributed by atoms with Crippen molar-refractivity contribution in [2.75, 3.05) is 31.2 Å². The van der Waals surface area contributed by atoms with Crippen LogP contribution in [0.2, 0.25) is 0 Å². The molecule has 3 rings (SSSR count). The lowest BCUT2D eigenvalue weighted by Crippen LogP contribution is -2.43. The fraction of sp³-hybridized carbons (Fsp3) is 0.389. The van der Waals surface area contributed by atoms with Gasteiger partial charge in [-0.15, -0.1) is 0 Å². The van der Waals surface area contributed by atoms with Gasteiger partial charge in [0, 0.05) is 30.9 Å². The number of piperidine rings is 1. The van der Waals surface area contributed by atoms with Gasteiger partial charge in [-0.05, 0) is 55.2 Å². The molecule has 2 amide bonds. The molecule has 8 heteroatoms. The van der Waals surface area contributed by atoms with Crippen LogP contribution in [0.4, 0.5) is 10.5 Å². The van der Waals surface area contributed by atoms with Crippen LogP contribution in [-0.4, -0.2) is 44.6 Å². The number of nitrogens with zero attached hydrogens (tertiary/aromatic N) is 1. The van der Waals surface area contributed by atoms with Gasteiger partial charge in [0.2, 0.25) is 10.0 Å². The minimum Gasteiger partial charge on any atom is -0.464 e. The van der Waals surface area contributed by atoms with Crippen LogP contribution in [-0.2, 0) is 10.0 Å². The van der Waals surface area contributed by atoms with Crippen molar-refractivity contribution >= 4 is 21.7 Å². The summed E-state index contributed by atoms with van der Waals surface area (Å²) in [5, 5.41) is 5.61. The topological polar surface area (TPSA) is 91.7 Å². The highest BCUT2D eigenvalue weighted by atomic mass is 32.2. The summed E-state index contributed by atoms with van der Waals surface area (Å²) in [6.07, 6.45) is 4.56. The molecule has 1 aliphatic rings. The molecular formula is C18H23N3O4S. The maximum Gasteiger partial charge on any atom is 0.319 e. The van der Waals surface area contributed by atoms with Crippen molar-refractivity contribution in [1.29, 1.82) is 0 Å². The normalized spacial score (nSPS) is 18.4. The van der Waals surface area contributed by atoms with Crippen LogP contribution in [0, 0.1) is 5.92 Å². The molecule has 0 spiro atoms. The lowest BCUT2D eigenvalue weighted by atomic mass is 10.00. The monoisotopic (exact) mass is 377 g/mol. The molecule has 0 bridgehead atoms. The van der Waals surface area contributed by atoms with Gasteiger partial charge in [0.25, 0.3) is 0 Å². The van der Waals surface area contributed by atoms with E-state index in [4.69, 9.17) is 4.42 Å². The number of hydrogen-bond donors (Lipinski definition) is 2. The Morgan fingerprint density at radius 1 is 1.27 bits per heavy atom. The van der Waals surface area contributed by atoms with Crippen molar-refractivity contribution in [3.8, 4) is 11.3 Å². The first-order chi connectivity index (χ1) is 12.4. The van der Waals surface area contributed by atoms with E-state index in [0.29, 0.717) is 25.3 Å². The van der Waals surface area contributed by atoms with E-state index in [-0.39, 0.29) is 11.9 Å². The number of amides is 2. The third kappa shape index (κ3) is 4.86. The zero-order valence-corrected chi connectivity index (χ0v) is 15.5. The maximum atomic E-state index is 12.1. The second-order valence-corrected chi connectivity index (χ2v) is 8.50. The average Bonchev–Trinajstić information content (AvgIpc) is 3.15. The SMILES string of the molecule is CS(=O)(=O)N1CCC[C@H](CNC(=O)Nc2ccc(-c3ccco3)cc2)C1. The third-order valence-electron chi connectivity index (χ3n) is 4.45. The smallest absolute Gasteiger partial charge is 0.319 e. The Morgan fingerprint density at radius 3 is 2.69 bits per heavy atom. The summed E-state index contributed by atoms with van der Waals surface area (Å²) in [6, 6.07) is 10.8. The molecule has 2 heterocycles. The standard InChI is InChI=1S/C18H23N3O4S/c1-26(23,24)21-10-2-4-14(13-21)12-19-18(22)20-16-8-6-15(7-9-16)17-5-3-11-25-17/h3,5-9,11,14H,2,4,10,12-13H2,1H3,(H2,19,20,22)/t14-/m1/s1. The molecule has 26 heavy (non-hydrogen) atoms. The molecule has 0 aliphatic carbocycles. The molecule has 7 nitrogen and oxygen atoms in total. The number of nitrogens with one attached hydrogen (secondary N) is 2. The Labute approximate surface area is 153 Å². The lowest BCUT2D eigenvalue weighted by molar-refractivity contribution is 0.239. The minimum absolute atomic E-state index is 0.130. The Hall–Kier alpha value is -2.32. The van der Waals surface area contributed by atoms with Crippen molar-refractivity contribution in [2.24, 2.45) is 5.92 Å². The fourth-order valence-electron chi connectivity index (χ4n) is 3.07. The third-order valence-corrected chi connectivity index (χ3v) is 5.72. The lowest BCUT2D eigenvalue weighted by Gasteiger charge is -2.30. The largest absolute Gasteiger partial charge is 0.464 e. The van der Waals surface area contributed by atoms with Gasteiger partial charge in [-0.25, -0.2) is 17.5 Å². The number of furan rings is 1. The Bertz CT molecular complexity index is 832. The number of rotatable bonds is 5.